The van der Waals surface area contributed by atoms with Crippen LogP contribution in [0.1, 0.15) is 25.7 Å². The van der Waals surface area contributed by atoms with Gasteiger partial charge < -0.3 is 10.5 Å². The lowest BCUT2D eigenvalue weighted by Gasteiger charge is -2.32. The van der Waals surface area contributed by atoms with Gasteiger partial charge in [0.1, 0.15) is 0 Å². The van der Waals surface area contributed by atoms with Gasteiger partial charge in [-0.05, 0) is 38.9 Å². The highest BCUT2D eigenvalue weighted by atomic mass is 16.5. The molecule has 0 aliphatic carbocycles. The first-order valence-electron chi connectivity index (χ1n) is 7.14. The number of nitrogens with two attached hydrogens (primary N) is 1. The average Bonchev–Trinajstić information content (AvgIpc) is 2.85. The van der Waals surface area contributed by atoms with Crippen LogP contribution in [-0.2, 0) is 4.74 Å². The molecule has 2 rings (SSSR count). The van der Waals surface area contributed by atoms with E-state index in [1.807, 2.05) is 0 Å². The second kappa shape index (κ2) is 7.31. The van der Waals surface area contributed by atoms with Gasteiger partial charge in [-0.3, -0.25) is 9.80 Å². The van der Waals surface area contributed by atoms with Crippen LogP contribution in [0, 0.1) is 0 Å². The first kappa shape index (κ1) is 13.3. The van der Waals surface area contributed by atoms with Crippen LogP contribution in [-0.4, -0.2) is 68.3 Å². The van der Waals surface area contributed by atoms with Crippen LogP contribution in [0.5, 0.6) is 0 Å². The normalized spacial score (nSPS) is 27.7. The van der Waals surface area contributed by atoms with Crippen molar-refractivity contribution in [3.8, 4) is 0 Å². The third-order valence-electron chi connectivity index (χ3n) is 3.97. The first-order chi connectivity index (χ1) is 8.40. The Kier molecular flexibility index (Phi) is 5.71. The second-order valence-electron chi connectivity index (χ2n) is 5.24. The number of piperidine rings is 1. The fraction of sp³-hybridized carbons (Fsp3) is 1.00. The Labute approximate surface area is 105 Å². The molecule has 0 spiro atoms. The first-order valence-corrected chi connectivity index (χ1v) is 7.14. The van der Waals surface area contributed by atoms with E-state index in [0.29, 0.717) is 13.2 Å². The van der Waals surface area contributed by atoms with Crippen molar-refractivity contribution in [2.45, 2.75) is 31.7 Å². The molecule has 0 amide bonds. The summed E-state index contributed by atoms with van der Waals surface area (Å²) < 4.78 is 5.45. The SMILES string of the molecule is NCCOCCN1CCC(N2CCCCC2)C1. The third kappa shape index (κ3) is 4.21. The molecule has 2 saturated heterocycles. The van der Waals surface area contributed by atoms with Gasteiger partial charge >= 0.3 is 0 Å². The van der Waals surface area contributed by atoms with Crippen molar-refractivity contribution in [2.24, 2.45) is 5.73 Å². The van der Waals surface area contributed by atoms with Crippen LogP contribution in [0.25, 0.3) is 0 Å². The summed E-state index contributed by atoms with van der Waals surface area (Å²) in [4.78, 5) is 5.24. The van der Waals surface area contributed by atoms with Gasteiger partial charge in [0.15, 0.2) is 0 Å². The predicted octanol–water partition coefficient (Wildman–Crippen LogP) is 0.522. The van der Waals surface area contributed by atoms with E-state index in [2.05, 4.69) is 9.80 Å². The molecular weight excluding hydrogens is 214 g/mol. The number of likely N-dealkylation sites (tertiary alicyclic amines) is 2. The molecule has 1 unspecified atom stereocenters. The Morgan fingerprint density at radius 2 is 1.88 bits per heavy atom. The van der Waals surface area contributed by atoms with Gasteiger partial charge in [0.05, 0.1) is 13.2 Å². The lowest BCUT2D eigenvalue weighted by Crippen LogP contribution is -2.41. The summed E-state index contributed by atoms with van der Waals surface area (Å²) in [5.74, 6) is 0. The maximum Gasteiger partial charge on any atom is 0.0594 e. The highest BCUT2D eigenvalue weighted by Crippen LogP contribution is 2.19. The van der Waals surface area contributed by atoms with E-state index >= 15 is 0 Å². The monoisotopic (exact) mass is 241 g/mol. The summed E-state index contributed by atoms with van der Waals surface area (Å²) in [7, 11) is 0. The molecule has 4 nitrogen and oxygen atoms in total. The highest BCUT2D eigenvalue weighted by Gasteiger charge is 2.27. The maximum absolute atomic E-state index is 5.45. The van der Waals surface area contributed by atoms with Crippen LogP contribution in [0.2, 0.25) is 0 Å². The van der Waals surface area contributed by atoms with Gasteiger partial charge in [-0.2, -0.15) is 0 Å². The molecule has 2 aliphatic heterocycles. The number of rotatable bonds is 6. The molecule has 4 heteroatoms. The summed E-state index contributed by atoms with van der Waals surface area (Å²) in [5.41, 5.74) is 5.40. The maximum atomic E-state index is 5.45. The Balaban J connectivity index is 1.61. The van der Waals surface area contributed by atoms with Gasteiger partial charge in [0.2, 0.25) is 0 Å². The van der Waals surface area contributed by atoms with Crippen LogP contribution < -0.4 is 5.73 Å². The molecule has 2 heterocycles. The summed E-state index contributed by atoms with van der Waals surface area (Å²) >= 11 is 0. The molecule has 0 radical (unpaired) electrons. The van der Waals surface area contributed by atoms with Crippen molar-refractivity contribution >= 4 is 0 Å². The van der Waals surface area contributed by atoms with Gasteiger partial charge in [-0.1, -0.05) is 6.42 Å². The topological polar surface area (TPSA) is 41.7 Å². The van der Waals surface area contributed by atoms with E-state index in [-0.39, 0.29) is 0 Å². The van der Waals surface area contributed by atoms with E-state index < -0.39 is 0 Å². The van der Waals surface area contributed by atoms with Crippen molar-refractivity contribution < 1.29 is 4.74 Å². The molecular formula is C13H27N3O. The molecule has 1 atom stereocenters. The average molecular weight is 241 g/mol. The number of ether oxygens (including phenoxy) is 1. The number of hydrogen-bond donors (Lipinski definition) is 1. The predicted molar refractivity (Wildman–Crippen MR) is 70.1 cm³/mol. The molecule has 17 heavy (non-hydrogen) atoms. The fourth-order valence-electron chi connectivity index (χ4n) is 2.98. The molecule has 0 aromatic heterocycles. The second-order valence-corrected chi connectivity index (χ2v) is 5.24. The van der Waals surface area contributed by atoms with Gasteiger partial charge in [-0.15, -0.1) is 0 Å². The quantitative estimate of drug-likeness (QED) is 0.689. The van der Waals surface area contributed by atoms with Crippen LogP contribution in [0.4, 0.5) is 0 Å². The van der Waals surface area contributed by atoms with E-state index in [1.54, 1.807) is 0 Å². The molecule has 2 fully saturated rings. The highest BCUT2D eigenvalue weighted by molar-refractivity contribution is 4.84. The Morgan fingerprint density at radius 1 is 1.06 bits per heavy atom. The van der Waals surface area contributed by atoms with Crippen molar-refractivity contribution in [3.63, 3.8) is 0 Å². The molecule has 0 aromatic carbocycles. The standard InChI is InChI=1S/C13H27N3O/c14-5-10-17-11-9-15-8-4-13(12-15)16-6-2-1-3-7-16/h13H,1-12,14H2. The zero-order valence-corrected chi connectivity index (χ0v) is 10.9. The van der Waals surface area contributed by atoms with Crippen LogP contribution in [0.3, 0.4) is 0 Å². The summed E-state index contributed by atoms with van der Waals surface area (Å²) in [6, 6.07) is 0.810. The fourth-order valence-corrected chi connectivity index (χ4v) is 2.98. The van der Waals surface area contributed by atoms with E-state index in [1.165, 1.54) is 51.9 Å². The third-order valence-corrected chi connectivity index (χ3v) is 3.97. The summed E-state index contributed by atoms with van der Waals surface area (Å²) in [6.07, 6.45) is 5.57. The Morgan fingerprint density at radius 3 is 2.65 bits per heavy atom. The van der Waals surface area contributed by atoms with Gasteiger partial charge in [-0.25, -0.2) is 0 Å². The smallest absolute Gasteiger partial charge is 0.0594 e. The molecule has 2 aliphatic rings. The zero-order valence-electron chi connectivity index (χ0n) is 10.9. The summed E-state index contributed by atoms with van der Waals surface area (Å²) in [6.45, 7) is 8.37. The molecule has 0 bridgehead atoms. The van der Waals surface area contributed by atoms with Crippen molar-refractivity contribution in [1.29, 1.82) is 0 Å². The number of nitrogens with zero attached hydrogens (tertiary/aromatic N) is 2. The minimum Gasteiger partial charge on any atom is -0.379 e. The molecule has 0 aromatic rings. The number of hydrogen-bond acceptors (Lipinski definition) is 4. The zero-order chi connectivity index (χ0) is 11.9. The van der Waals surface area contributed by atoms with Crippen LogP contribution in [0.15, 0.2) is 0 Å². The van der Waals surface area contributed by atoms with Crippen molar-refractivity contribution in [2.75, 3.05) is 52.5 Å². The van der Waals surface area contributed by atoms with Gasteiger partial charge in [0, 0.05) is 25.7 Å². The Hall–Kier alpha value is -0.160. The lowest BCUT2D eigenvalue weighted by atomic mass is 10.1. The largest absolute Gasteiger partial charge is 0.379 e. The molecule has 100 valence electrons. The van der Waals surface area contributed by atoms with Crippen molar-refractivity contribution in [1.82, 2.24) is 9.80 Å². The van der Waals surface area contributed by atoms with Gasteiger partial charge in [0.25, 0.3) is 0 Å². The minimum absolute atomic E-state index is 0.635. The van der Waals surface area contributed by atoms with E-state index in [0.717, 1.165) is 19.2 Å². The van der Waals surface area contributed by atoms with Crippen molar-refractivity contribution in [3.05, 3.63) is 0 Å². The molecule has 2 N–H and O–H groups in total. The Bertz CT molecular complexity index is 207. The minimum atomic E-state index is 0.635. The van der Waals surface area contributed by atoms with E-state index in [9.17, 15) is 0 Å². The lowest BCUT2D eigenvalue weighted by molar-refractivity contribution is 0.110. The van der Waals surface area contributed by atoms with E-state index in [4.69, 9.17) is 10.5 Å². The summed E-state index contributed by atoms with van der Waals surface area (Å²) in [5, 5.41) is 0. The molecule has 0 saturated carbocycles. The van der Waals surface area contributed by atoms with Crippen LogP contribution >= 0.6 is 0 Å².